The average Bonchev–Trinajstić information content (AvgIpc) is 2.91. The molecule has 12 heavy (non-hydrogen) atoms. The van der Waals surface area contributed by atoms with Gasteiger partial charge in [0, 0.05) is 0 Å². The molecule has 2 aliphatic rings. The monoisotopic (exact) mass is 166 g/mol. The van der Waals surface area contributed by atoms with Crippen LogP contribution in [0.25, 0.3) is 0 Å². The first-order valence-electron chi connectivity index (χ1n) is 5.73. The van der Waals surface area contributed by atoms with Crippen LogP contribution in [0.3, 0.4) is 0 Å². The van der Waals surface area contributed by atoms with Crippen molar-refractivity contribution in [3.05, 3.63) is 0 Å². The lowest BCUT2D eigenvalue weighted by atomic mass is 9.89. The molecule has 0 nitrogen and oxygen atoms in total. The molecule has 0 heteroatoms. The van der Waals surface area contributed by atoms with E-state index in [0.717, 1.165) is 23.2 Å². The lowest BCUT2D eigenvalue weighted by Crippen LogP contribution is -2.07. The van der Waals surface area contributed by atoms with E-state index in [-0.39, 0.29) is 0 Å². The van der Waals surface area contributed by atoms with E-state index in [0.29, 0.717) is 0 Å². The van der Waals surface area contributed by atoms with Crippen molar-refractivity contribution in [1.29, 1.82) is 0 Å². The van der Waals surface area contributed by atoms with Crippen LogP contribution in [-0.4, -0.2) is 0 Å². The van der Waals surface area contributed by atoms with E-state index in [1.807, 2.05) is 0 Å². The maximum absolute atomic E-state index is 2.49. The Morgan fingerprint density at radius 2 is 2.08 bits per heavy atom. The number of hydrogen-bond acceptors (Lipinski definition) is 0. The Labute approximate surface area is 76.7 Å². The first kappa shape index (κ1) is 8.59. The minimum Gasteiger partial charge on any atom is -0.0654 e. The van der Waals surface area contributed by atoms with Crippen LogP contribution in [0.1, 0.15) is 52.9 Å². The van der Waals surface area contributed by atoms with Gasteiger partial charge in [-0.05, 0) is 29.6 Å². The lowest BCUT2D eigenvalue weighted by Gasteiger charge is -2.16. The van der Waals surface area contributed by atoms with Gasteiger partial charge < -0.3 is 0 Å². The highest BCUT2D eigenvalue weighted by molar-refractivity contribution is 5.25. The van der Waals surface area contributed by atoms with Crippen LogP contribution in [0.15, 0.2) is 0 Å². The molecule has 2 rings (SSSR count). The van der Waals surface area contributed by atoms with E-state index in [2.05, 4.69) is 20.8 Å². The lowest BCUT2D eigenvalue weighted by molar-refractivity contribution is 0.336. The van der Waals surface area contributed by atoms with Crippen LogP contribution in [0.4, 0.5) is 0 Å². The van der Waals surface area contributed by atoms with Gasteiger partial charge in [0.05, 0.1) is 0 Å². The van der Waals surface area contributed by atoms with Crippen molar-refractivity contribution in [3.63, 3.8) is 0 Å². The number of unbranched alkanes of at least 4 members (excludes halogenated alkanes) is 2. The molecular formula is C12H22. The zero-order chi connectivity index (χ0) is 8.77. The van der Waals surface area contributed by atoms with Crippen molar-refractivity contribution in [2.75, 3.05) is 0 Å². The Morgan fingerprint density at radius 1 is 1.42 bits per heavy atom. The van der Waals surface area contributed by atoms with Crippen LogP contribution in [0.2, 0.25) is 0 Å². The van der Waals surface area contributed by atoms with Crippen molar-refractivity contribution >= 4 is 0 Å². The predicted octanol–water partition coefficient (Wildman–Crippen LogP) is 3.86. The fourth-order valence-electron chi connectivity index (χ4n) is 3.26. The van der Waals surface area contributed by atoms with Gasteiger partial charge in [-0.3, -0.25) is 0 Å². The molecule has 2 aliphatic carbocycles. The van der Waals surface area contributed by atoms with E-state index in [1.165, 1.54) is 25.7 Å². The van der Waals surface area contributed by atoms with E-state index in [1.54, 1.807) is 6.42 Å². The molecule has 4 unspecified atom stereocenters. The van der Waals surface area contributed by atoms with Crippen molar-refractivity contribution < 1.29 is 0 Å². The quantitative estimate of drug-likeness (QED) is 0.544. The molecular weight excluding hydrogens is 144 g/mol. The third kappa shape index (κ3) is 1.03. The molecule has 0 N–H and O–H groups in total. The van der Waals surface area contributed by atoms with Gasteiger partial charge in [-0.2, -0.15) is 0 Å². The summed E-state index contributed by atoms with van der Waals surface area (Å²) in [5.74, 6) is 3.28. The van der Waals surface area contributed by atoms with Crippen LogP contribution in [0, 0.1) is 23.2 Å². The summed E-state index contributed by atoms with van der Waals surface area (Å²) in [5, 5.41) is 0. The van der Waals surface area contributed by atoms with Crippen molar-refractivity contribution in [2.45, 2.75) is 52.9 Å². The molecule has 2 saturated carbocycles. The van der Waals surface area contributed by atoms with Gasteiger partial charge in [-0.25, -0.2) is 0 Å². The molecule has 0 radical (unpaired) electrons. The van der Waals surface area contributed by atoms with Gasteiger partial charge in [-0.15, -0.1) is 0 Å². The summed E-state index contributed by atoms with van der Waals surface area (Å²) in [6, 6.07) is 0. The standard InChI is InChI=1S/C12H22/c1-4-5-6-7-9(2)12-8-11(12)10(12)3/h9-11H,4-8H2,1-3H3. The van der Waals surface area contributed by atoms with E-state index >= 15 is 0 Å². The summed E-state index contributed by atoms with van der Waals surface area (Å²) in [6.45, 7) is 7.23. The molecule has 0 aromatic carbocycles. The Morgan fingerprint density at radius 3 is 2.50 bits per heavy atom. The topological polar surface area (TPSA) is 0 Å². The second-order valence-electron chi connectivity index (χ2n) is 5.11. The van der Waals surface area contributed by atoms with E-state index in [4.69, 9.17) is 0 Å². The molecule has 0 saturated heterocycles. The molecule has 70 valence electrons. The minimum absolute atomic E-state index is 0.883. The summed E-state index contributed by atoms with van der Waals surface area (Å²) < 4.78 is 0. The highest BCUT2D eigenvalue weighted by atomic mass is 14.8. The van der Waals surface area contributed by atoms with Crippen LogP contribution >= 0.6 is 0 Å². The van der Waals surface area contributed by atoms with Gasteiger partial charge >= 0.3 is 0 Å². The third-order valence-electron chi connectivity index (χ3n) is 4.60. The molecule has 0 amide bonds. The smallest absolute Gasteiger partial charge is 0.0209 e. The second-order valence-corrected chi connectivity index (χ2v) is 5.11. The highest BCUT2D eigenvalue weighted by Crippen LogP contribution is 2.83. The molecule has 0 aromatic rings. The van der Waals surface area contributed by atoms with Crippen molar-refractivity contribution in [2.24, 2.45) is 23.2 Å². The molecule has 0 bridgehead atoms. The Balaban J connectivity index is 1.69. The van der Waals surface area contributed by atoms with Crippen molar-refractivity contribution in [1.82, 2.24) is 0 Å². The Kier molecular flexibility index (Phi) is 1.97. The Hall–Kier alpha value is 0. The summed E-state index contributed by atoms with van der Waals surface area (Å²) >= 11 is 0. The van der Waals surface area contributed by atoms with E-state index in [9.17, 15) is 0 Å². The highest BCUT2D eigenvalue weighted by Gasteiger charge is 2.77. The van der Waals surface area contributed by atoms with Gasteiger partial charge in [0.15, 0.2) is 0 Å². The number of fused-ring (bicyclic) bond motifs is 1. The first-order chi connectivity index (χ1) is 5.73. The maximum Gasteiger partial charge on any atom is -0.0209 e. The molecule has 0 heterocycles. The summed E-state index contributed by atoms with van der Waals surface area (Å²) in [6.07, 6.45) is 7.35. The molecule has 2 fully saturated rings. The maximum atomic E-state index is 2.49. The molecule has 0 aromatic heterocycles. The average molecular weight is 166 g/mol. The molecule has 4 atom stereocenters. The zero-order valence-electron chi connectivity index (χ0n) is 8.77. The molecule has 0 spiro atoms. The van der Waals surface area contributed by atoms with Crippen LogP contribution in [0.5, 0.6) is 0 Å². The SMILES string of the molecule is CCCCCC(C)C12CC1C2C. The van der Waals surface area contributed by atoms with Crippen LogP contribution < -0.4 is 0 Å². The zero-order valence-corrected chi connectivity index (χ0v) is 8.77. The van der Waals surface area contributed by atoms with E-state index < -0.39 is 0 Å². The van der Waals surface area contributed by atoms with Crippen LogP contribution in [-0.2, 0) is 0 Å². The first-order valence-corrected chi connectivity index (χ1v) is 5.73. The molecule has 0 aliphatic heterocycles. The fourth-order valence-corrected chi connectivity index (χ4v) is 3.26. The number of hydrogen-bond donors (Lipinski definition) is 0. The normalized spacial score (nSPS) is 45.2. The third-order valence-corrected chi connectivity index (χ3v) is 4.60. The predicted molar refractivity (Wildman–Crippen MR) is 53.0 cm³/mol. The van der Waals surface area contributed by atoms with Gasteiger partial charge in [-0.1, -0.05) is 46.5 Å². The van der Waals surface area contributed by atoms with Gasteiger partial charge in [0.1, 0.15) is 0 Å². The minimum atomic E-state index is 0.883. The summed E-state index contributed by atoms with van der Waals surface area (Å²) in [5.41, 5.74) is 0.883. The number of rotatable bonds is 5. The van der Waals surface area contributed by atoms with Crippen molar-refractivity contribution in [3.8, 4) is 0 Å². The van der Waals surface area contributed by atoms with Gasteiger partial charge in [0.25, 0.3) is 0 Å². The summed E-state index contributed by atoms with van der Waals surface area (Å²) in [4.78, 5) is 0. The Bertz CT molecular complexity index is 167. The largest absolute Gasteiger partial charge is 0.0654 e. The summed E-state index contributed by atoms with van der Waals surface area (Å²) in [7, 11) is 0. The second kappa shape index (κ2) is 2.75. The van der Waals surface area contributed by atoms with Gasteiger partial charge in [0.2, 0.25) is 0 Å². The fraction of sp³-hybridized carbons (Fsp3) is 1.00.